The molecular formula is C15H23N3O2S. The first-order valence-corrected chi connectivity index (χ1v) is 8.45. The molecule has 1 saturated heterocycles. The van der Waals surface area contributed by atoms with Gasteiger partial charge in [-0.25, -0.2) is 4.98 Å². The lowest BCUT2D eigenvalue weighted by molar-refractivity contribution is 0.0827. The van der Waals surface area contributed by atoms with Gasteiger partial charge < -0.3 is 14.5 Å². The minimum absolute atomic E-state index is 0.0213. The number of nitrogens with zero attached hydrogens (tertiary/aromatic N) is 3. The van der Waals surface area contributed by atoms with Crippen LogP contribution < -0.4 is 0 Å². The first-order valence-electron chi connectivity index (χ1n) is 7.64. The molecule has 5 nitrogen and oxygen atoms in total. The third kappa shape index (κ3) is 3.44. The van der Waals surface area contributed by atoms with Gasteiger partial charge in [0.2, 0.25) is 0 Å². The number of carbonyl (C=O) groups excluding carboxylic acids is 1. The van der Waals surface area contributed by atoms with Gasteiger partial charge in [-0.15, -0.1) is 11.3 Å². The fraction of sp³-hybridized carbons (Fsp3) is 0.733. The predicted octanol–water partition coefficient (Wildman–Crippen LogP) is 1.28. The zero-order valence-electron chi connectivity index (χ0n) is 12.8. The van der Waals surface area contributed by atoms with Crippen LogP contribution in [0, 0.1) is 5.92 Å². The van der Waals surface area contributed by atoms with Gasteiger partial charge in [-0.2, -0.15) is 0 Å². The Hall–Kier alpha value is -0.980. The van der Waals surface area contributed by atoms with Crippen molar-refractivity contribution in [3.05, 3.63) is 15.6 Å². The largest absolute Gasteiger partial charge is 0.381 e. The van der Waals surface area contributed by atoms with Gasteiger partial charge in [-0.1, -0.05) is 0 Å². The van der Waals surface area contributed by atoms with Crippen LogP contribution in [0.3, 0.4) is 0 Å². The van der Waals surface area contributed by atoms with Crippen LogP contribution in [0.2, 0.25) is 0 Å². The highest BCUT2D eigenvalue weighted by Gasteiger charge is 2.24. The molecule has 1 amide bonds. The number of carbonyl (C=O) groups is 1. The van der Waals surface area contributed by atoms with E-state index in [1.54, 1.807) is 30.3 Å². The number of hydrogen-bond acceptors (Lipinski definition) is 5. The molecule has 21 heavy (non-hydrogen) atoms. The van der Waals surface area contributed by atoms with E-state index in [9.17, 15) is 4.79 Å². The molecule has 1 aromatic heterocycles. The lowest BCUT2D eigenvalue weighted by atomic mass is 10.1. The highest BCUT2D eigenvalue weighted by Crippen LogP contribution is 2.24. The second-order valence-corrected chi connectivity index (χ2v) is 7.20. The number of thiazole rings is 1. The lowest BCUT2D eigenvalue weighted by Gasteiger charge is -2.22. The Kier molecular flexibility index (Phi) is 4.57. The fourth-order valence-electron chi connectivity index (χ4n) is 2.97. The van der Waals surface area contributed by atoms with Crippen LogP contribution in [0.4, 0.5) is 0 Å². The third-order valence-corrected chi connectivity index (χ3v) is 5.37. The highest BCUT2D eigenvalue weighted by molar-refractivity contribution is 7.13. The second-order valence-electron chi connectivity index (χ2n) is 6.12. The molecule has 0 bridgehead atoms. The smallest absolute Gasteiger partial charge is 0.282 e. The van der Waals surface area contributed by atoms with Gasteiger partial charge >= 0.3 is 0 Å². The molecule has 0 N–H and O–H groups in total. The van der Waals surface area contributed by atoms with Crippen LogP contribution in [0.25, 0.3) is 0 Å². The Morgan fingerprint density at radius 3 is 2.95 bits per heavy atom. The summed E-state index contributed by atoms with van der Waals surface area (Å²) in [5, 5.41) is 0.641. The molecule has 1 aromatic rings. The maximum atomic E-state index is 12.0. The van der Waals surface area contributed by atoms with Crippen LogP contribution in [0.1, 0.15) is 26.8 Å². The number of rotatable bonds is 3. The summed E-state index contributed by atoms with van der Waals surface area (Å²) in [5.74, 6) is 0.716. The number of hydrogen-bond donors (Lipinski definition) is 0. The van der Waals surface area contributed by atoms with E-state index in [0.29, 0.717) is 10.9 Å². The summed E-state index contributed by atoms with van der Waals surface area (Å²) in [6.07, 6.45) is 3.17. The van der Waals surface area contributed by atoms with Crippen molar-refractivity contribution >= 4 is 17.2 Å². The van der Waals surface area contributed by atoms with Crippen molar-refractivity contribution in [1.82, 2.24) is 14.8 Å². The van der Waals surface area contributed by atoms with Crippen LogP contribution in [-0.2, 0) is 17.6 Å². The summed E-state index contributed by atoms with van der Waals surface area (Å²) >= 11 is 1.58. The molecule has 6 heteroatoms. The quantitative estimate of drug-likeness (QED) is 0.844. The standard InChI is InChI=1S/C15H23N3O2S/c1-17(2)15(19)14-16-12-3-6-18(7-4-13(12)21-14)9-11-5-8-20-10-11/h11H,3-10H2,1-2H3. The van der Waals surface area contributed by atoms with Gasteiger partial charge in [0, 0.05) is 51.6 Å². The van der Waals surface area contributed by atoms with Crippen molar-refractivity contribution in [3.8, 4) is 0 Å². The lowest BCUT2D eigenvalue weighted by Crippen LogP contribution is -2.32. The number of amides is 1. The Balaban J connectivity index is 1.62. The summed E-state index contributed by atoms with van der Waals surface area (Å²) in [6, 6.07) is 0. The minimum Gasteiger partial charge on any atom is -0.381 e. The first kappa shape index (κ1) is 14.9. The Morgan fingerprint density at radius 2 is 2.24 bits per heavy atom. The average Bonchev–Trinajstić information content (AvgIpc) is 3.07. The van der Waals surface area contributed by atoms with E-state index in [2.05, 4.69) is 9.88 Å². The third-order valence-electron chi connectivity index (χ3n) is 4.23. The van der Waals surface area contributed by atoms with E-state index in [1.807, 2.05) is 0 Å². The molecule has 1 unspecified atom stereocenters. The summed E-state index contributed by atoms with van der Waals surface area (Å²) in [4.78, 5) is 22.0. The molecular weight excluding hydrogens is 286 g/mol. The Labute approximate surface area is 129 Å². The van der Waals surface area contributed by atoms with Crippen molar-refractivity contribution in [2.24, 2.45) is 5.92 Å². The molecule has 3 rings (SSSR count). The van der Waals surface area contributed by atoms with Gasteiger partial charge in [0.25, 0.3) is 5.91 Å². The van der Waals surface area contributed by atoms with Crippen LogP contribution >= 0.6 is 11.3 Å². The molecule has 1 atom stereocenters. The predicted molar refractivity (Wildman–Crippen MR) is 82.9 cm³/mol. The zero-order valence-corrected chi connectivity index (χ0v) is 13.6. The molecule has 0 saturated carbocycles. The van der Waals surface area contributed by atoms with Crippen LogP contribution in [0.5, 0.6) is 0 Å². The molecule has 2 aliphatic heterocycles. The van der Waals surface area contributed by atoms with E-state index < -0.39 is 0 Å². The van der Waals surface area contributed by atoms with Crippen molar-refractivity contribution < 1.29 is 9.53 Å². The van der Waals surface area contributed by atoms with E-state index in [-0.39, 0.29) is 5.91 Å². The van der Waals surface area contributed by atoms with Crippen molar-refractivity contribution in [2.75, 3.05) is 46.9 Å². The van der Waals surface area contributed by atoms with E-state index >= 15 is 0 Å². The van der Waals surface area contributed by atoms with E-state index in [1.165, 1.54) is 11.3 Å². The summed E-state index contributed by atoms with van der Waals surface area (Å²) in [7, 11) is 3.56. The van der Waals surface area contributed by atoms with Crippen LogP contribution in [0.15, 0.2) is 0 Å². The SMILES string of the molecule is CN(C)C(=O)c1nc2c(s1)CCN(CC1CCOC1)CC2. The van der Waals surface area contributed by atoms with E-state index in [0.717, 1.165) is 51.4 Å². The molecule has 2 aliphatic rings. The Bertz CT molecular complexity index is 484. The van der Waals surface area contributed by atoms with Gasteiger partial charge in [-0.3, -0.25) is 4.79 Å². The normalized spacial score (nSPS) is 22.9. The summed E-state index contributed by atoms with van der Waals surface area (Å²) in [6.45, 7) is 5.09. The molecule has 1 fully saturated rings. The van der Waals surface area contributed by atoms with Crippen LogP contribution in [-0.4, -0.2) is 67.6 Å². The molecule has 3 heterocycles. The summed E-state index contributed by atoms with van der Waals surface area (Å²) < 4.78 is 5.46. The fourth-order valence-corrected chi connectivity index (χ4v) is 4.09. The van der Waals surface area contributed by atoms with Gasteiger partial charge in [-0.05, 0) is 18.8 Å². The number of ether oxygens (including phenoxy) is 1. The molecule has 0 radical (unpaired) electrons. The zero-order chi connectivity index (χ0) is 14.8. The number of aromatic nitrogens is 1. The van der Waals surface area contributed by atoms with Gasteiger partial charge in [0.05, 0.1) is 12.3 Å². The monoisotopic (exact) mass is 309 g/mol. The topological polar surface area (TPSA) is 45.7 Å². The highest BCUT2D eigenvalue weighted by atomic mass is 32.1. The first-order chi connectivity index (χ1) is 10.1. The second kappa shape index (κ2) is 6.42. The average molecular weight is 309 g/mol. The molecule has 116 valence electrons. The maximum Gasteiger partial charge on any atom is 0.282 e. The maximum absolute atomic E-state index is 12.0. The molecule has 0 aliphatic carbocycles. The van der Waals surface area contributed by atoms with Crippen molar-refractivity contribution in [3.63, 3.8) is 0 Å². The minimum atomic E-state index is 0.0213. The van der Waals surface area contributed by atoms with Gasteiger partial charge in [0.15, 0.2) is 5.01 Å². The van der Waals surface area contributed by atoms with E-state index in [4.69, 9.17) is 4.74 Å². The number of fused-ring (bicyclic) bond motifs is 1. The summed E-state index contributed by atoms with van der Waals surface area (Å²) in [5.41, 5.74) is 1.13. The Morgan fingerprint density at radius 1 is 1.43 bits per heavy atom. The van der Waals surface area contributed by atoms with Crippen molar-refractivity contribution in [2.45, 2.75) is 19.3 Å². The molecule has 0 spiro atoms. The molecule has 0 aromatic carbocycles. The van der Waals surface area contributed by atoms with Gasteiger partial charge in [0.1, 0.15) is 0 Å². The van der Waals surface area contributed by atoms with Crippen molar-refractivity contribution in [1.29, 1.82) is 0 Å².